The molecule has 120 valence electrons. The average molecular weight is 304 g/mol. The lowest BCUT2D eigenvalue weighted by atomic mass is 9.85. The number of carbonyl (C=O) groups is 2. The molecule has 3 amide bonds. The summed E-state index contributed by atoms with van der Waals surface area (Å²) in [4.78, 5) is 23.8. The summed E-state index contributed by atoms with van der Waals surface area (Å²) < 4.78 is 0. The van der Waals surface area contributed by atoms with Gasteiger partial charge in [-0.05, 0) is 44.4 Å². The van der Waals surface area contributed by atoms with Crippen molar-refractivity contribution < 1.29 is 9.59 Å². The molecule has 0 spiro atoms. The monoisotopic (exact) mass is 304 g/mol. The van der Waals surface area contributed by atoms with Crippen molar-refractivity contribution in [3.05, 3.63) is 24.3 Å². The van der Waals surface area contributed by atoms with Gasteiger partial charge in [-0.15, -0.1) is 0 Å². The first-order valence-corrected chi connectivity index (χ1v) is 7.80. The molecule has 0 aliphatic heterocycles. The number of hydrogen-bond acceptors (Lipinski definition) is 3. The van der Waals surface area contributed by atoms with Crippen LogP contribution < -0.4 is 21.7 Å². The smallest absolute Gasteiger partial charge is 0.319 e. The Labute approximate surface area is 130 Å². The quantitative estimate of drug-likeness (QED) is 0.687. The Hall–Kier alpha value is -2.08. The van der Waals surface area contributed by atoms with Crippen LogP contribution in [0, 0.1) is 5.92 Å². The molecule has 0 saturated heterocycles. The van der Waals surface area contributed by atoms with Gasteiger partial charge in [0.2, 0.25) is 5.91 Å². The zero-order valence-corrected chi connectivity index (χ0v) is 12.9. The predicted octanol–water partition coefficient (Wildman–Crippen LogP) is 2.28. The number of amides is 3. The van der Waals surface area contributed by atoms with Crippen molar-refractivity contribution in [2.45, 2.75) is 38.6 Å². The Kier molecular flexibility index (Phi) is 5.77. The summed E-state index contributed by atoms with van der Waals surface area (Å²) in [5.41, 5.74) is 7.25. The highest BCUT2D eigenvalue weighted by Gasteiger charge is 2.25. The molecule has 2 atom stereocenters. The fraction of sp³-hybridized carbons (Fsp3) is 0.500. The Morgan fingerprint density at radius 3 is 2.64 bits per heavy atom. The molecule has 5 N–H and O–H groups in total. The second-order valence-corrected chi connectivity index (χ2v) is 5.68. The SMILES string of the molecule is CCNC(=O)Nc1cccc(NC(=O)C2CCCC(N)C2)c1. The molecule has 0 aromatic heterocycles. The first kappa shape index (κ1) is 16.3. The lowest BCUT2D eigenvalue weighted by Gasteiger charge is -2.25. The van der Waals surface area contributed by atoms with E-state index in [-0.39, 0.29) is 23.9 Å². The first-order chi connectivity index (χ1) is 10.6. The highest BCUT2D eigenvalue weighted by Crippen LogP contribution is 2.25. The van der Waals surface area contributed by atoms with Gasteiger partial charge in [0.05, 0.1) is 0 Å². The van der Waals surface area contributed by atoms with Gasteiger partial charge in [-0.2, -0.15) is 0 Å². The molecular weight excluding hydrogens is 280 g/mol. The molecular formula is C16H24N4O2. The summed E-state index contributed by atoms with van der Waals surface area (Å²) in [6.45, 7) is 2.41. The molecule has 2 unspecified atom stereocenters. The number of urea groups is 1. The van der Waals surface area contributed by atoms with Gasteiger partial charge in [-0.1, -0.05) is 12.5 Å². The van der Waals surface area contributed by atoms with Crippen molar-refractivity contribution in [1.82, 2.24) is 5.32 Å². The maximum absolute atomic E-state index is 12.3. The van der Waals surface area contributed by atoms with Crippen LogP contribution in [0.15, 0.2) is 24.3 Å². The maximum Gasteiger partial charge on any atom is 0.319 e. The predicted molar refractivity (Wildman–Crippen MR) is 87.7 cm³/mol. The van der Waals surface area contributed by atoms with Gasteiger partial charge in [0, 0.05) is 29.9 Å². The summed E-state index contributed by atoms with van der Waals surface area (Å²) >= 11 is 0. The van der Waals surface area contributed by atoms with Crippen LogP contribution in [0.4, 0.5) is 16.2 Å². The summed E-state index contributed by atoms with van der Waals surface area (Å²) in [6.07, 6.45) is 3.62. The van der Waals surface area contributed by atoms with E-state index in [1.54, 1.807) is 18.2 Å². The first-order valence-electron chi connectivity index (χ1n) is 7.80. The fourth-order valence-electron chi connectivity index (χ4n) is 2.72. The van der Waals surface area contributed by atoms with E-state index < -0.39 is 0 Å². The number of anilines is 2. The molecule has 0 radical (unpaired) electrons. The lowest BCUT2D eigenvalue weighted by molar-refractivity contribution is -0.120. The Morgan fingerprint density at radius 2 is 1.95 bits per heavy atom. The third-order valence-corrected chi connectivity index (χ3v) is 3.81. The molecule has 6 heteroatoms. The molecule has 2 rings (SSSR count). The molecule has 1 aliphatic rings. The van der Waals surface area contributed by atoms with Crippen LogP contribution in [0.3, 0.4) is 0 Å². The molecule has 1 aromatic rings. The third-order valence-electron chi connectivity index (χ3n) is 3.81. The second-order valence-electron chi connectivity index (χ2n) is 5.68. The Balaban J connectivity index is 1.94. The number of carbonyl (C=O) groups excluding carboxylic acids is 2. The lowest BCUT2D eigenvalue weighted by Crippen LogP contribution is -2.34. The van der Waals surface area contributed by atoms with E-state index >= 15 is 0 Å². The van der Waals surface area contributed by atoms with Crippen molar-refractivity contribution in [2.75, 3.05) is 17.2 Å². The third kappa shape index (κ3) is 4.73. The molecule has 1 aliphatic carbocycles. The van der Waals surface area contributed by atoms with Crippen molar-refractivity contribution in [3.63, 3.8) is 0 Å². The summed E-state index contributed by atoms with van der Waals surface area (Å²) in [5.74, 6) is -0.0194. The van der Waals surface area contributed by atoms with Gasteiger partial charge >= 0.3 is 6.03 Å². The van der Waals surface area contributed by atoms with E-state index in [9.17, 15) is 9.59 Å². The summed E-state index contributed by atoms with van der Waals surface area (Å²) in [5, 5.41) is 8.29. The second kappa shape index (κ2) is 7.79. The Bertz CT molecular complexity index is 533. The zero-order valence-electron chi connectivity index (χ0n) is 12.9. The van der Waals surface area contributed by atoms with Crippen molar-refractivity contribution >= 4 is 23.3 Å². The van der Waals surface area contributed by atoms with Crippen molar-refractivity contribution in [1.29, 1.82) is 0 Å². The van der Waals surface area contributed by atoms with Gasteiger partial charge in [0.1, 0.15) is 0 Å². The topological polar surface area (TPSA) is 96.2 Å². The summed E-state index contributed by atoms with van der Waals surface area (Å²) in [6, 6.07) is 6.99. The Morgan fingerprint density at radius 1 is 1.23 bits per heavy atom. The molecule has 1 aromatic carbocycles. The number of benzene rings is 1. The number of nitrogens with two attached hydrogens (primary N) is 1. The van der Waals surface area contributed by atoms with Crippen LogP contribution in [-0.4, -0.2) is 24.5 Å². The molecule has 1 fully saturated rings. The van der Waals surface area contributed by atoms with Gasteiger partial charge in [-0.25, -0.2) is 4.79 Å². The van der Waals surface area contributed by atoms with Gasteiger partial charge in [-0.3, -0.25) is 4.79 Å². The molecule has 1 saturated carbocycles. The minimum absolute atomic E-state index is 0.00492. The van der Waals surface area contributed by atoms with Crippen LogP contribution in [-0.2, 0) is 4.79 Å². The maximum atomic E-state index is 12.3. The van der Waals surface area contributed by atoms with Crippen LogP contribution >= 0.6 is 0 Å². The van der Waals surface area contributed by atoms with Crippen LogP contribution in [0.1, 0.15) is 32.6 Å². The largest absolute Gasteiger partial charge is 0.338 e. The van der Waals surface area contributed by atoms with Gasteiger partial charge in [0.15, 0.2) is 0 Å². The molecule has 6 nitrogen and oxygen atoms in total. The van der Waals surface area contributed by atoms with E-state index in [1.165, 1.54) is 0 Å². The minimum atomic E-state index is -0.260. The molecule has 0 bridgehead atoms. The normalized spacial score (nSPS) is 21.0. The minimum Gasteiger partial charge on any atom is -0.338 e. The van der Waals surface area contributed by atoms with Crippen LogP contribution in [0.25, 0.3) is 0 Å². The number of hydrogen-bond donors (Lipinski definition) is 4. The highest BCUT2D eigenvalue weighted by molar-refractivity contribution is 5.94. The van der Waals surface area contributed by atoms with E-state index in [1.807, 2.05) is 13.0 Å². The number of nitrogens with one attached hydrogen (secondary N) is 3. The van der Waals surface area contributed by atoms with Crippen molar-refractivity contribution in [2.24, 2.45) is 11.7 Å². The average Bonchev–Trinajstić information content (AvgIpc) is 2.47. The van der Waals surface area contributed by atoms with Gasteiger partial charge in [0.25, 0.3) is 0 Å². The highest BCUT2D eigenvalue weighted by atomic mass is 16.2. The van der Waals surface area contributed by atoms with Crippen LogP contribution in [0.5, 0.6) is 0 Å². The molecule has 0 heterocycles. The fourth-order valence-corrected chi connectivity index (χ4v) is 2.72. The van der Waals surface area contributed by atoms with E-state index in [0.717, 1.165) is 25.7 Å². The van der Waals surface area contributed by atoms with E-state index in [4.69, 9.17) is 5.73 Å². The number of rotatable bonds is 4. The zero-order chi connectivity index (χ0) is 15.9. The van der Waals surface area contributed by atoms with Gasteiger partial charge < -0.3 is 21.7 Å². The van der Waals surface area contributed by atoms with Crippen LogP contribution in [0.2, 0.25) is 0 Å². The van der Waals surface area contributed by atoms with Crippen molar-refractivity contribution in [3.8, 4) is 0 Å². The standard InChI is InChI=1S/C16H24N4O2/c1-2-18-16(22)20-14-8-4-7-13(10-14)19-15(21)11-5-3-6-12(17)9-11/h4,7-8,10-12H,2-3,5-6,9,17H2,1H3,(H,19,21)(H2,18,20,22). The van der Waals surface area contributed by atoms with E-state index in [0.29, 0.717) is 17.9 Å². The summed E-state index contributed by atoms with van der Waals surface area (Å²) in [7, 11) is 0. The molecule has 22 heavy (non-hydrogen) atoms. The van der Waals surface area contributed by atoms with E-state index in [2.05, 4.69) is 16.0 Å².